The van der Waals surface area contributed by atoms with E-state index in [1.54, 1.807) is 25.4 Å². The molecule has 0 bridgehead atoms. The molecule has 2 aromatic rings. The molecule has 7 nitrogen and oxygen atoms in total. The van der Waals surface area contributed by atoms with Gasteiger partial charge in [-0.2, -0.15) is 0 Å². The van der Waals surface area contributed by atoms with Gasteiger partial charge >= 0.3 is 0 Å². The minimum atomic E-state index is -0.0339. The summed E-state index contributed by atoms with van der Waals surface area (Å²) in [6, 6.07) is 5.32. The Balaban J connectivity index is 1.87. The van der Waals surface area contributed by atoms with Gasteiger partial charge < -0.3 is 15.0 Å². The van der Waals surface area contributed by atoms with E-state index in [9.17, 15) is 4.79 Å². The van der Waals surface area contributed by atoms with E-state index < -0.39 is 0 Å². The Morgan fingerprint density at radius 2 is 2.21 bits per heavy atom. The van der Waals surface area contributed by atoms with Gasteiger partial charge in [0.15, 0.2) is 0 Å². The van der Waals surface area contributed by atoms with E-state index in [1.165, 1.54) is 0 Å². The summed E-state index contributed by atoms with van der Waals surface area (Å²) in [4.78, 5) is 27.7. The second kappa shape index (κ2) is 6.82. The van der Waals surface area contributed by atoms with Crippen LogP contribution >= 0.6 is 0 Å². The standard InChI is InChI=1S/C17H21N5O2/c1-11-20-13(9-15(18-2)21-11)14-5-4-8-22(14)17(23)12-6-7-16(24-3)19-10-12/h6-7,9-10,14H,4-5,8H2,1-3H3,(H,18,20,21)/t14-/m0/s1. The van der Waals surface area contributed by atoms with Crippen LogP contribution in [-0.4, -0.2) is 46.5 Å². The molecule has 0 spiro atoms. The number of amides is 1. The molecule has 126 valence electrons. The third-order valence-electron chi connectivity index (χ3n) is 4.16. The number of nitrogens with one attached hydrogen (secondary N) is 1. The number of carbonyl (C=O) groups is 1. The summed E-state index contributed by atoms with van der Waals surface area (Å²) in [6.45, 7) is 2.58. The number of rotatable bonds is 4. The summed E-state index contributed by atoms with van der Waals surface area (Å²) in [5.74, 6) is 1.93. The average Bonchev–Trinajstić information content (AvgIpc) is 3.10. The number of carbonyl (C=O) groups excluding carboxylic acids is 1. The van der Waals surface area contributed by atoms with Crippen molar-refractivity contribution < 1.29 is 9.53 Å². The van der Waals surface area contributed by atoms with Crippen LogP contribution in [0.4, 0.5) is 5.82 Å². The number of hydrogen-bond donors (Lipinski definition) is 1. The van der Waals surface area contributed by atoms with Gasteiger partial charge in [0, 0.05) is 31.9 Å². The summed E-state index contributed by atoms with van der Waals surface area (Å²) in [5, 5.41) is 3.04. The molecule has 1 atom stereocenters. The second-order valence-corrected chi connectivity index (χ2v) is 5.72. The Hall–Kier alpha value is -2.70. The van der Waals surface area contributed by atoms with E-state index >= 15 is 0 Å². The molecule has 24 heavy (non-hydrogen) atoms. The van der Waals surface area contributed by atoms with Crippen molar-refractivity contribution in [2.24, 2.45) is 0 Å². The van der Waals surface area contributed by atoms with Crippen LogP contribution in [0.25, 0.3) is 0 Å². The molecule has 0 unspecified atom stereocenters. The number of anilines is 1. The van der Waals surface area contributed by atoms with Crippen LogP contribution in [0.2, 0.25) is 0 Å². The van der Waals surface area contributed by atoms with Crippen molar-refractivity contribution in [3.05, 3.63) is 41.5 Å². The summed E-state index contributed by atoms with van der Waals surface area (Å²) < 4.78 is 5.04. The summed E-state index contributed by atoms with van der Waals surface area (Å²) in [5.41, 5.74) is 1.43. The maximum atomic E-state index is 12.9. The van der Waals surface area contributed by atoms with Crippen molar-refractivity contribution in [3.63, 3.8) is 0 Å². The topological polar surface area (TPSA) is 80.2 Å². The van der Waals surface area contributed by atoms with E-state index in [-0.39, 0.29) is 11.9 Å². The molecule has 7 heteroatoms. The molecule has 0 aromatic carbocycles. The SMILES string of the molecule is CNc1cc([C@@H]2CCCN2C(=O)c2ccc(OC)nc2)nc(C)n1. The zero-order chi connectivity index (χ0) is 17.1. The van der Waals surface area contributed by atoms with Gasteiger partial charge in [-0.25, -0.2) is 15.0 Å². The summed E-state index contributed by atoms with van der Waals surface area (Å²) in [6.07, 6.45) is 3.41. The van der Waals surface area contributed by atoms with Crippen molar-refractivity contribution in [3.8, 4) is 5.88 Å². The van der Waals surface area contributed by atoms with Gasteiger partial charge in [-0.3, -0.25) is 4.79 Å². The van der Waals surface area contributed by atoms with Crippen molar-refractivity contribution in [1.82, 2.24) is 19.9 Å². The summed E-state index contributed by atoms with van der Waals surface area (Å²) in [7, 11) is 3.38. The monoisotopic (exact) mass is 327 g/mol. The first-order valence-corrected chi connectivity index (χ1v) is 7.96. The molecule has 1 amide bonds. The third-order valence-corrected chi connectivity index (χ3v) is 4.16. The van der Waals surface area contributed by atoms with Gasteiger partial charge in [0.1, 0.15) is 11.6 Å². The van der Waals surface area contributed by atoms with Gasteiger partial charge in [-0.1, -0.05) is 0 Å². The maximum absolute atomic E-state index is 12.9. The molecule has 3 rings (SSSR count). The molecule has 1 fully saturated rings. The molecular formula is C17H21N5O2. The molecule has 0 saturated carbocycles. The number of methoxy groups -OCH3 is 1. The largest absolute Gasteiger partial charge is 0.481 e. The first-order valence-electron chi connectivity index (χ1n) is 7.96. The summed E-state index contributed by atoms with van der Waals surface area (Å²) >= 11 is 0. The van der Waals surface area contributed by atoms with Gasteiger partial charge in [-0.05, 0) is 25.8 Å². The van der Waals surface area contributed by atoms with Crippen molar-refractivity contribution in [2.45, 2.75) is 25.8 Å². The lowest BCUT2D eigenvalue weighted by Crippen LogP contribution is -2.31. The van der Waals surface area contributed by atoms with Crippen LogP contribution in [0.3, 0.4) is 0 Å². The van der Waals surface area contributed by atoms with E-state index in [0.717, 1.165) is 24.4 Å². The fraction of sp³-hybridized carbons (Fsp3) is 0.412. The fourth-order valence-corrected chi connectivity index (χ4v) is 3.00. The minimum Gasteiger partial charge on any atom is -0.481 e. The molecule has 0 aliphatic carbocycles. The van der Waals surface area contributed by atoms with Crippen molar-refractivity contribution in [1.29, 1.82) is 0 Å². The Bertz CT molecular complexity index is 732. The zero-order valence-electron chi connectivity index (χ0n) is 14.1. The van der Waals surface area contributed by atoms with Crippen LogP contribution in [0.5, 0.6) is 5.88 Å². The highest BCUT2D eigenvalue weighted by Crippen LogP contribution is 2.33. The Labute approximate surface area is 141 Å². The number of pyridine rings is 1. The Morgan fingerprint density at radius 1 is 1.38 bits per heavy atom. The third kappa shape index (κ3) is 3.15. The van der Waals surface area contributed by atoms with Crippen LogP contribution < -0.4 is 10.1 Å². The van der Waals surface area contributed by atoms with E-state index in [0.29, 0.717) is 23.8 Å². The molecule has 1 aliphatic rings. The van der Waals surface area contributed by atoms with Crippen LogP contribution in [0.15, 0.2) is 24.4 Å². The smallest absolute Gasteiger partial charge is 0.255 e. The van der Waals surface area contributed by atoms with Gasteiger partial charge in [-0.15, -0.1) is 0 Å². The van der Waals surface area contributed by atoms with E-state index in [1.807, 2.05) is 24.9 Å². The van der Waals surface area contributed by atoms with Crippen molar-refractivity contribution >= 4 is 11.7 Å². The molecule has 1 N–H and O–H groups in total. The van der Waals surface area contributed by atoms with Gasteiger partial charge in [0.2, 0.25) is 5.88 Å². The average molecular weight is 327 g/mol. The van der Waals surface area contributed by atoms with E-state index in [4.69, 9.17) is 4.74 Å². The number of ether oxygens (including phenoxy) is 1. The first-order chi connectivity index (χ1) is 11.6. The number of aromatic nitrogens is 3. The Kier molecular flexibility index (Phi) is 4.59. The normalized spacial score (nSPS) is 17.0. The predicted octanol–water partition coefficient (Wildman–Crippen LogP) is 2.21. The number of nitrogens with zero attached hydrogens (tertiary/aromatic N) is 4. The van der Waals surface area contributed by atoms with Crippen LogP contribution in [-0.2, 0) is 0 Å². The van der Waals surface area contributed by atoms with Crippen molar-refractivity contribution in [2.75, 3.05) is 26.0 Å². The second-order valence-electron chi connectivity index (χ2n) is 5.72. The highest BCUT2D eigenvalue weighted by molar-refractivity contribution is 5.94. The highest BCUT2D eigenvalue weighted by Gasteiger charge is 2.32. The predicted molar refractivity (Wildman–Crippen MR) is 90.1 cm³/mol. The lowest BCUT2D eigenvalue weighted by molar-refractivity contribution is 0.0732. The maximum Gasteiger partial charge on any atom is 0.255 e. The number of likely N-dealkylation sites (tertiary alicyclic amines) is 1. The lowest BCUT2D eigenvalue weighted by Gasteiger charge is -2.24. The zero-order valence-corrected chi connectivity index (χ0v) is 14.1. The molecular weight excluding hydrogens is 306 g/mol. The van der Waals surface area contributed by atoms with Crippen LogP contribution in [0, 0.1) is 6.92 Å². The van der Waals surface area contributed by atoms with Gasteiger partial charge in [0.25, 0.3) is 5.91 Å². The molecule has 3 heterocycles. The lowest BCUT2D eigenvalue weighted by atomic mass is 10.1. The number of hydrogen-bond acceptors (Lipinski definition) is 6. The fourth-order valence-electron chi connectivity index (χ4n) is 3.00. The van der Waals surface area contributed by atoms with Gasteiger partial charge in [0.05, 0.1) is 24.4 Å². The Morgan fingerprint density at radius 3 is 2.88 bits per heavy atom. The minimum absolute atomic E-state index is 0.0325. The molecule has 1 aliphatic heterocycles. The highest BCUT2D eigenvalue weighted by atomic mass is 16.5. The molecule has 1 saturated heterocycles. The molecule has 0 radical (unpaired) electrons. The van der Waals surface area contributed by atoms with E-state index in [2.05, 4.69) is 20.3 Å². The van der Waals surface area contributed by atoms with Crippen LogP contribution in [0.1, 0.15) is 40.8 Å². The molecule has 2 aromatic heterocycles. The number of aryl methyl sites for hydroxylation is 1. The quantitative estimate of drug-likeness (QED) is 0.927. The first kappa shape index (κ1) is 16.2.